The minimum absolute atomic E-state index is 0.123. The molecule has 1 heterocycles. The van der Waals surface area contributed by atoms with Crippen molar-refractivity contribution in [3.05, 3.63) is 47.5 Å². The van der Waals surface area contributed by atoms with Gasteiger partial charge in [-0.1, -0.05) is 0 Å². The minimum atomic E-state index is -0.642. The summed E-state index contributed by atoms with van der Waals surface area (Å²) in [6.07, 6.45) is 0. The highest BCUT2D eigenvalue weighted by atomic mass is 32.2. The van der Waals surface area contributed by atoms with Crippen LogP contribution in [0.2, 0.25) is 0 Å². The average Bonchev–Trinajstić information content (AvgIpc) is 2.70. The molecule has 0 bridgehead atoms. The van der Waals surface area contributed by atoms with Gasteiger partial charge in [0, 0.05) is 10.5 Å². The number of anilines is 1. The maximum Gasteiger partial charge on any atom is 0.338 e. The lowest BCUT2D eigenvalue weighted by molar-refractivity contribution is -0.113. The number of amides is 1. The molecule has 1 aliphatic rings. The fourth-order valence-electron chi connectivity index (χ4n) is 2.52. The molecule has 0 saturated carbocycles. The van der Waals surface area contributed by atoms with Gasteiger partial charge in [-0.05, 0) is 36.4 Å². The highest BCUT2D eigenvalue weighted by molar-refractivity contribution is 8.00. The molecule has 0 unspecified atom stereocenters. The van der Waals surface area contributed by atoms with Gasteiger partial charge in [0.15, 0.2) is 23.9 Å². The number of hydrogen-bond donors (Lipinski definition) is 1. The van der Waals surface area contributed by atoms with Gasteiger partial charge in [0.1, 0.15) is 0 Å². The summed E-state index contributed by atoms with van der Waals surface area (Å²) >= 11 is 1.40. The number of carbonyl (C=O) groups excluding carboxylic acids is 3. The Bertz CT molecular complexity index is 911. The van der Waals surface area contributed by atoms with Crippen LogP contribution in [0.1, 0.15) is 20.7 Å². The molecule has 2 aromatic carbocycles. The third-order valence-electron chi connectivity index (χ3n) is 3.89. The zero-order chi connectivity index (χ0) is 19.4. The van der Waals surface area contributed by atoms with E-state index in [2.05, 4.69) is 5.32 Å². The average molecular weight is 387 g/mol. The van der Waals surface area contributed by atoms with E-state index in [9.17, 15) is 14.4 Å². The molecule has 2 aromatic rings. The largest absolute Gasteiger partial charge is 0.493 e. The standard InChI is InChI=1S/C19H17NO6S/c1-24-15-5-3-11(8-16(15)25-2)14(21)9-26-19(23)12-4-6-17-13(7-12)20-18(22)10-27-17/h3-8H,9-10H2,1-2H3,(H,20,22). The van der Waals surface area contributed by atoms with E-state index in [0.717, 1.165) is 4.90 Å². The summed E-state index contributed by atoms with van der Waals surface area (Å²) in [4.78, 5) is 36.9. The van der Waals surface area contributed by atoms with Gasteiger partial charge >= 0.3 is 5.97 Å². The number of benzene rings is 2. The van der Waals surface area contributed by atoms with E-state index in [0.29, 0.717) is 28.5 Å². The molecule has 0 spiro atoms. The molecule has 3 rings (SSSR count). The van der Waals surface area contributed by atoms with E-state index in [1.807, 2.05) is 0 Å². The molecule has 0 atom stereocenters. The van der Waals surface area contributed by atoms with Crippen LogP contribution in [-0.2, 0) is 9.53 Å². The van der Waals surface area contributed by atoms with Gasteiger partial charge in [0.2, 0.25) is 5.91 Å². The zero-order valence-corrected chi connectivity index (χ0v) is 15.6. The predicted molar refractivity (Wildman–Crippen MR) is 100.0 cm³/mol. The molecule has 0 radical (unpaired) electrons. The van der Waals surface area contributed by atoms with Crippen LogP contribution in [0.3, 0.4) is 0 Å². The van der Waals surface area contributed by atoms with E-state index in [1.165, 1.54) is 32.0 Å². The molecule has 0 aromatic heterocycles. The Morgan fingerprint density at radius 1 is 1.04 bits per heavy atom. The van der Waals surface area contributed by atoms with Crippen LogP contribution in [0, 0.1) is 0 Å². The van der Waals surface area contributed by atoms with E-state index in [-0.39, 0.29) is 17.3 Å². The lowest BCUT2D eigenvalue weighted by Crippen LogP contribution is -2.19. The zero-order valence-electron chi connectivity index (χ0n) is 14.7. The maximum atomic E-state index is 12.3. The number of ether oxygens (including phenoxy) is 3. The molecule has 8 heteroatoms. The number of methoxy groups -OCH3 is 2. The molecule has 0 fully saturated rings. The van der Waals surface area contributed by atoms with Crippen molar-refractivity contribution in [1.82, 2.24) is 0 Å². The monoisotopic (exact) mass is 387 g/mol. The molecular weight excluding hydrogens is 370 g/mol. The van der Waals surface area contributed by atoms with Gasteiger partial charge < -0.3 is 19.5 Å². The SMILES string of the molecule is COc1ccc(C(=O)COC(=O)c2ccc3c(c2)NC(=O)CS3)cc1OC. The lowest BCUT2D eigenvalue weighted by atomic mass is 10.1. The minimum Gasteiger partial charge on any atom is -0.493 e. The smallest absolute Gasteiger partial charge is 0.338 e. The molecule has 27 heavy (non-hydrogen) atoms. The predicted octanol–water partition coefficient (Wildman–Crippen LogP) is 2.79. The number of thioether (sulfide) groups is 1. The van der Waals surface area contributed by atoms with Crippen LogP contribution in [0.4, 0.5) is 5.69 Å². The highest BCUT2D eigenvalue weighted by Gasteiger charge is 2.19. The van der Waals surface area contributed by atoms with E-state index >= 15 is 0 Å². The van der Waals surface area contributed by atoms with Crippen molar-refractivity contribution < 1.29 is 28.6 Å². The van der Waals surface area contributed by atoms with E-state index < -0.39 is 12.6 Å². The summed E-state index contributed by atoms with van der Waals surface area (Å²) in [5, 5.41) is 2.71. The Morgan fingerprint density at radius 3 is 2.52 bits per heavy atom. The first kappa shape index (κ1) is 18.8. The molecule has 1 amide bonds. The van der Waals surface area contributed by atoms with Crippen molar-refractivity contribution in [2.45, 2.75) is 4.90 Å². The summed E-state index contributed by atoms with van der Waals surface area (Å²) < 4.78 is 15.4. The Morgan fingerprint density at radius 2 is 1.78 bits per heavy atom. The first-order valence-electron chi connectivity index (χ1n) is 8.01. The maximum absolute atomic E-state index is 12.3. The van der Waals surface area contributed by atoms with Gasteiger partial charge in [0.05, 0.1) is 31.2 Å². The van der Waals surface area contributed by atoms with Gasteiger partial charge in [-0.25, -0.2) is 4.79 Å². The van der Waals surface area contributed by atoms with Crippen LogP contribution >= 0.6 is 11.8 Å². The Balaban J connectivity index is 1.66. The first-order chi connectivity index (χ1) is 13.0. The number of nitrogens with one attached hydrogen (secondary N) is 1. The highest BCUT2D eigenvalue weighted by Crippen LogP contribution is 2.32. The summed E-state index contributed by atoms with van der Waals surface area (Å²) in [6.45, 7) is -0.410. The van der Waals surface area contributed by atoms with Crippen molar-refractivity contribution in [3.8, 4) is 11.5 Å². The number of hydrogen-bond acceptors (Lipinski definition) is 7. The van der Waals surface area contributed by atoms with Crippen molar-refractivity contribution in [2.24, 2.45) is 0 Å². The summed E-state index contributed by atoms with van der Waals surface area (Å²) in [5.74, 6) is 0.123. The number of ketones is 1. The third kappa shape index (κ3) is 4.22. The van der Waals surface area contributed by atoms with Crippen LogP contribution in [0.25, 0.3) is 0 Å². The van der Waals surface area contributed by atoms with E-state index in [1.54, 1.807) is 30.3 Å². The van der Waals surface area contributed by atoms with Crippen LogP contribution in [-0.4, -0.2) is 44.2 Å². The second-order valence-corrected chi connectivity index (χ2v) is 6.63. The normalized spacial score (nSPS) is 12.6. The van der Waals surface area contributed by atoms with Gasteiger partial charge in [-0.15, -0.1) is 11.8 Å². The third-order valence-corrected chi connectivity index (χ3v) is 4.96. The fourth-order valence-corrected chi connectivity index (χ4v) is 3.31. The number of esters is 1. The lowest BCUT2D eigenvalue weighted by Gasteiger charge is -2.16. The van der Waals surface area contributed by atoms with Crippen molar-refractivity contribution in [1.29, 1.82) is 0 Å². The number of carbonyl (C=O) groups is 3. The number of fused-ring (bicyclic) bond motifs is 1. The van der Waals surface area contributed by atoms with E-state index in [4.69, 9.17) is 14.2 Å². The Labute approximate surface area is 160 Å². The second-order valence-electron chi connectivity index (χ2n) is 5.62. The van der Waals surface area contributed by atoms with Crippen LogP contribution < -0.4 is 14.8 Å². The Hall–Kier alpha value is -3.00. The van der Waals surface area contributed by atoms with Crippen LogP contribution in [0.5, 0.6) is 11.5 Å². The van der Waals surface area contributed by atoms with Crippen LogP contribution in [0.15, 0.2) is 41.3 Å². The van der Waals surface area contributed by atoms with Crippen molar-refractivity contribution in [3.63, 3.8) is 0 Å². The quantitative estimate of drug-likeness (QED) is 0.602. The second kappa shape index (κ2) is 8.13. The van der Waals surface area contributed by atoms with Gasteiger partial charge in [0.25, 0.3) is 0 Å². The molecule has 140 valence electrons. The van der Waals surface area contributed by atoms with Crippen molar-refractivity contribution >= 4 is 35.1 Å². The summed E-state index contributed by atoms with van der Waals surface area (Å²) in [6, 6.07) is 9.60. The van der Waals surface area contributed by atoms with Gasteiger partial charge in [-0.3, -0.25) is 9.59 Å². The van der Waals surface area contributed by atoms with Gasteiger partial charge in [-0.2, -0.15) is 0 Å². The molecule has 1 N–H and O–H groups in total. The summed E-state index contributed by atoms with van der Waals surface area (Å²) in [5.41, 5.74) is 1.17. The van der Waals surface area contributed by atoms with Crippen molar-refractivity contribution in [2.75, 3.05) is 31.9 Å². The Kier molecular flexibility index (Phi) is 5.66. The first-order valence-corrected chi connectivity index (χ1v) is 8.99. The molecule has 1 aliphatic heterocycles. The molecule has 7 nitrogen and oxygen atoms in total. The number of rotatable bonds is 6. The molecule has 0 saturated heterocycles. The molecule has 0 aliphatic carbocycles. The summed E-state index contributed by atoms with van der Waals surface area (Å²) in [7, 11) is 2.97. The molecular formula is C19H17NO6S. The fraction of sp³-hybridized carbons (Fsp3) is 0.211. The topological polar surface area (TPSA) is 90.9 Å². The number of Topliss-reactive ketones (excluding diaryl/α,β-unsaturated/α-hetero) is 1.